The first-order valence-electron chi connectivity index (χ1n) is 7.95. The fourth-order valence-electron chi connectivity index (χ4n) is 2.74. The fourth-order valence-corrected chi connectivity index (χ4v) is 3.18. The van der Waals surface area contributed by atoms with Crippen LogP contribution in [0.1, 0.15) is 64.2 Å². The normalized spacial score (nSPS) is 24.2. The average Bonchev–Trinajstić information content (AvgIpc) is 3.09. The molecule has 2 heterocycles. The summed E-state index contributed by atoms with van der Waals surface area (Å²) in [5.41, 5.74) is 0. The van der Waals surface area contributed by atoms with E-state index in [4.69, 9.17) is 33.9 Å². The van der Waals surface area contributed by atoms with Crippen molar-refractivity contribution in [1.82, 2.24) is 0 Å². The van der Waals surface area contributed by atoms with Crippen LogP contribution in [0, 0.1) is 0 Å². The van der Waals surface area contributed by atoms with Crippen LogP contribution in [0.3, 0.4) is 0 Å². The third-order valence-electron chi connectivity index (χ3n) is 4.11. The Hall–Kier alpha value is -0.880. The number of carbonyl (C=O) groups excluding carboxylic acids is 2. The Morgan fingerprint density at radius 1 is 0.818 bits per heavy atom. The fraction of sp³-hybridized carbons (Fsp3) is 0.750. The van der Waals surface area contributed by atoms with Crippen molar-refractivity contribution in [1.29, 1.82) is 0 Å². The highest BCUT2D eigenvalue weighted by Gasteiger charge is 2.24. The minimum atomic E-state index is -0.0929. The molecule has 0 aromatic rings. The molecule has 22 heavy (non-hydrogen) atoms. The van der Waals surface area contributed by atoms with Crippen molar-refractivity contribution in [3.8, 4) is 0 Å². The lowest BCUT2D eigenvalue weighted by Gasteiger charge is -2.11. The summed E-state index contributed by atoms with van der Waals surface area (Å²) < 4.78 is 10.4. The second-order valence-corrected chi connectivity index (χ2v) is 7.11. The Bertz CT molecular complexity index is 419. The molecular formula is C16H22O4S2. The number of ether oxygens (including phenoxy) is 2. The second kappa shape index (κ2) is 8.67. The van der Waals surface area contributed by atoms with Gasteiger partial charge in [0.15, 0.2) is 0 Å². The van der Waals surface area contributed by atoms with Gasteiger partial charge in [0.25, 0.3) is 0 Å². The Morgan fingerprint density at radius 3 is 1.55 bits per heavy atom. The Morgan fingerprint density at radius 2 is 1.23 bits per heavy atom. The van der Waals surface area contributed by atoms with Gasteiger partial charge in [-0.05, 0) is 61.1 Å². The van der Waals surface area contributed by atoms with Gasteiger partial charge in [-0.15, -0.1) is 0 Å². The molecular weight excluding hydrogens is 320 g/mol. The molecule has 2 aliphatic rings. The maximum atomic E-state index is 11.0. The van der Waals surface area contributed by atoms with Crippen molar-refractivity contribution in [2.75, 3.05) is 0 Å². The number of cyclic esters (lactones) is 2. The lowest BCUT2D eigenvalue weighted by atomic mass is 10.0. The van der Waals surface area contributed by atoms with Gasteiger partial charge in [-0.1, -0.05) is 24.4 Å². The van der Waals surface area contributed by atoms with Crippen LogP contribution in [-0.2, 0) is 19.1 Å². The third-order valence-corrected chi connectivity index (χ3v) is 4.93. The molecule has 0 bridgehead atoms. The highest BCUT2D eigenvalue weighted by molar-refractivity contribution is 7.80. The molecule has 0 aliphatic carbocycles. The number of rotatable bonds is 9. The Balaban J connectivity index is 1.52. The van der Waals surface area contributed by atoms with Gasteiger partial charge in [-0.2, -0.15) is 0 Å². The van der Waals surface area contributed by atoms with Crippen molar-refractivity contribution in [2.24, 2.45) is 0 Å². The lowest BCUT2D eigenvalue weighted by molar-refractivity contribution is -0.142. The first kappa shape index (κ1) is 17.5. The molecule has 4 nitrogen and oxygen atoms in total. The standard InChI is InChI=1S/C16H22O4S2/c17-15-9-3-11(19-15)1-5-13(21)7-8-14(22)6-2-12-4-10-16(18)20-12/h11-12H,1-10H2. The topological polar surface area (TPSA) is 52.6 Å². The molecule has 0 N–H and O–H groups in total. The molecule has 0 aromatic heterocycles. The van der Waals surface area contributed by atoms with E-state index in [2.05, 4.69) is 0 Å². The van der Waals surface area contributed by atoms with Crippen LogP contribution < -0.4 is 0 Å². The number of hydrogen-bond acceptors (Lipinski definition) is 6. The molecule has 2 atom stereocenters. The van der Waals surface area contributed by atoms with E-state index < -0.39 is 0 Å². The zero-order valence-electron chi connectivity index (χ0n) is 12.7. The smallest absolute Gasteiger partial charge is 0.306 e. The van der Waals surface area contributed by atoms with Crippen molar-refractivity contribution in [3.63, 3.8) is 0 Å². The van der Waals surface area contributed by atoms with E-state index >= 15 is 0 Å². The molecule has 2 fully saturated rings. The molecule has 2 rings (SSSR count). The van der Waals surface area contributed by atoms with Crippen LogP contribution in [0.2, 0.25) is 0 Å². The first-order valence-corrected chi connectivity index (χ1v) is 8.77. The van der Waals surface area contributed by atoms with E-state index in [1.165, 1.54) is 0 Å². The number of carbonyl (C=O) groups is 2. The van der Waals surface area contributed by atoms with Gasteiger partial charge in [0.1, 0.15) is 12.2 Å². The van der Waals surface area contributed by atoms with Gasteiger partial charge in [0.05, 0.1) is 0 Å². The number of hydrogen-bond donors (Lipinski definition) is 0. The van der Waals surface area contributed by atoms with E-state index in [-0.39, 0.29) is 24.1 Å². The van der Waals surface area contributed by atoms with Crippen LogP contribution in [-0.4, -0.2) is 33.9 Å². The van der Waals surface area contributed by atoms with Gasteiger partial charge in [-0.25, -0.2) is 0 Å². The highest BCUT2D eigenvalue weighted by atomic mass is 32.1. The number of thiocarbonyl (C=S) groups is 2. The van der Waals surface area contributed by atoms with Crippen molar-refractivity contribution < 1.29 is 19.1 Å². The first-order chi connectivity index (χ1) is 10.5. The van der Waals surface area contributed by atoms with E-state index in [0.717, 1.165) is 61.1 Å². The summed E-state index contributed by atoms with van der Waals surface area (Å²) in [6, 6.07) is 0. The summed E-state index contributed by atoms with van der Waals surface area (Å²) in [7, 11) is 0. The van der Waals surface area contributed by atoms with Gasteiger partial charge < -0.3 is 9.47 Å². The quantitative estimate of drug-likeness (QED) is 0.472. The minimum Gasteiger partial charge on any atom is -0.462 e. The molecule has 122 valence electrons. The molecule has 0 saturated carbocycles. The zero-order valence-corrected chi connectivity index (χ0v) is 14.3. The SMILES string of the molecule is O=C1CCC(CCC(=S)CCC(=S)CCC2CCC(=O)O2)O1. The summed E-state index contributed by atoms with van der Waals surface area (Å²) in [6.45, 7) is 0. The number of esters is 2. The van der Waals surface area contributed by atoms with Crippen molar-refractivity contribution >= 4 is 46.1 Å². The second-order valence-electron chi connectivity index (χ2n) is 5.96. The van der Waals surface area contributed by atoms with Crippen LogP contribution in [0.4, 0.5) is 0 Å². The lowest BCUT2D eigenvalue weighted by Crippen LogP contribution is -2.11. The van der Waals surface area contributed by atoms with Crippen LogP contribution in [0.25, 0.3) is 0 Å². The van der Waals surface area contributed by atoms with Crippen LogP contribution in [0.15, 0.2) is 0 Å². The van der Waals surface area contributed by atoms with Crippen LogP contribution >= 0.6 is 24.4 Å². The van der Waals surface area contributed by atoms with Crippen molar-refractivity contribution in [3.05, 3.63) is 0 Å². The predicted molar refractivity (Wildman–Crippen MR) is 91.1 cm³/mol. The molecule has 0 spiro atoms. The van der Waals surface area contributed by atoms with Crippen molar-refractivity contribution in [2.45, 2.75) is 76.4 Å². The Kier molecular flexibility index (Phi) is 6.89. The van der Waals surface area contributed by atoms with E-state index in [1.807, 2.05) is 0 Å². The molecule has 2 saturated heterocycles. The molecule has 2 aliphatic heterocycles. The summed E-state index contributed by atoms with van der Waals surface area (Å²) >= 11 is 10.7. The van der Waals surface area contributed by atoms with Crippen LogP contribution in [0.5, 0.6) is 0 Å². The van der Waals surface area contributed by atoms with E-state index in [0.29, 0.717) is 12.8 Å². The zero-order chi connectivity index (χ0) is 15.9. The van der Waals surface area contributed by atoms with Gasteiger partial charge >= 0.3 is 11.9 Å². The largest absolute Gasteiger partial charge is 0.462 e. The Labute approximate surface area is 141 Å². The average molecular weight is 342 g/mol. The summed E-state index contributed by atoms with van der Waals surface area (Å²) in [5.74, 6) is -0.186. The summed E-state index contributed by atoms with van der Waals surface area (Å²) in [5, 5.41) is 0. The van der Waals surface area contributed by atoms with Gasteiger partial charge in [0, 0.05) is 12.8 Å². The highest BCUT2D eigenvalue weighted by Crippen LogP contribution is 2.21. The maximum Gasteiger partial charge on any atom is 0.306 e. The molecule has 6 heteroatoms. The van der Waals surface area contributed by atoms with Gasteiger partial charge in [0.2, 0.25) is 0 Å². The van der Waals surface area contributed by atoms with Gasteiger partial charge in [-0.3, -0.25) is 9.59 Å². The predicted octanol–water partition coefficient (Wildman–Crippen LogP) is 3.48. The third kappa shape index (κ3) is 6.08. The van der Waals surface area contributed by atoms with E-state index in [1.54, 1.807) is 0 Å². The minimum absolute atomic E-state index is 0.0504. The molecule has 0 radical (unpaired) electrons. The summed E-state index contributed by atoms with van der Waals surface area (Å²) in [6.07, 6.45) is 7.74. The molecule has 0 aromatic carbocycles. The molecule has 0 amide bonds. The molecule has 2 unspecified atom stereocenters. The monoisotopic (exact) mass is 342 g/mol. The maximum absolute atomic E-state index is 11.0. The van der Waals surface area contributed by atoms with E-state index in [9.17, 15) is 9.59 Å². The summed E-state index contributed by atoms with van der Waals surface area (Å²) in [4.78, 5) is 24.0.